The van der Waals surface area contributed by atoms with Gasteiger partial charge in [0.15, 0.2) is 0 Å². The lowest BCUT2D eigenvalue weighted by atomic mass is 10.1. The zero-order valence-electron chi connectivity index (χ0n) is 8.74. The van der Waals surface area contributed by atoms with Crippen molar-refractivity contribution in [3.63, 3.8) is 0 Å². The molecule has 14 heavy (non-hydrogen) atoms. The van der Waals surface area contributed by atoms with Crippen LogP contribution in [0.2, 0.25) is 0 Å². The normalized spacial score (nSPS) is 15.8. The number of rotatable bonds is 0. The van der Waals surface area contributed by atoms with E-state index >= 15 is 0 Å². The third-order valence-electron chi connectivity index (χ3n) is 2.62. The van der Waals surface area contributed by atoms with Crippen LogP contribution in [0.4, 0.5) is 10.5 Å². The van der Waals surface area contributed by atoms with E-state index in [9.17, 15) is 4.79 Å². The molecule has 1 aromatic rings. The van der Waals surface area contributed by atoms with Crippen LogP contribution in [-0.4, -0.2) is 25.0 Å². The Bertz CT molecular complexity index is 387. The van der Waals surface area contributed by atoms with E-state index in [1.54, 1.807) is 9.80 Å². The molecule has 2 rings (SSSR count). The Morgan fingerprint density at radius 1 is 1.29 bits per heavy atom. The summed E-state index contributed by atoms with van der Waals surface area (Å²) in [4.78, 5) is 15.0. The molecule has 2 amide bonds. The monoisotopic (exact) mass is 190 g/mol. The van der Waals surface area contributed by atoms with Crippen molar-refractivity contribution in [3.8, 4) is 0 Å². The fraction of sp³-hybridized carbons (Fsp3) is 0.364. The molecule has 0 bridgehead atoms. The Kier molecular flexibility index (Phi) is 1.95. The van der Waals surface area contributed by atoms with E-state index in [0.717, 1.165) is 5.69 Å². The molecule has 1 aliphatic rings. The SMILES string of the molecule is Cc1ccc2c(c1)CN(C)C(=O)N2C. The highest BCUT2D eigenvalue weighted by Gasteiger charge is 2.24. The van der Waals surface area contributed by atoms with Crippen molar-refractivity contribution in [2.75, 3.05) is 19.0 Å². The number of amides is 2. The van der Waals surface area contributed by atoms with Gasteiger partial charge in [-0.1, -0.05) is 17.7 Å². The summed E-state index contributed by atoms with van der Waals surface area (Å²) in [5, 5.41) is 0. The lowest BCUT2D eigenvalue weighted by molar-refractivity contribution is 0.212. The van der Waals surface area contributed by atoms with Crippen LogP contribution in [0.5, 0.6) is 0 Å². The van der Waals surface area contributed by atoms with Crippen molar-refractivity contribution in [2.45, 2.75) is 13.5 Å². The van der Waals surface area contributed by atoms with E-state index in [-0.39, 0.29) is 6.03 Å². The zero-order chi connectivity index (χ0) is 10.3. The summed E-state index contributed by atoms with van der Waals surface area (Å²) in [5.41, 5.74) is 3.48. The molecule has 0 spiro atoms. The van der Waals surface area contributed by atoms with Crippen molar-refractivity contribution < 1.29 is 4.79 Å². The number of hydrogen-bond acceptors (Lipinski definition) is 1. The molecule has 0 radical (unpaired) electrons. The van der Waals surface area contributed by atoms with Crippen LogP contribution >= 0.6 is 0 Å². The lowest BCUT2D eigenvalue weighted by Gasteiger charge is -2.32. The number of urea groups is 1. The highest BCUT2D eigenvalue weighted by molar-refractivity contribution is 5.94. The number of fused-ring (bicyclic) bond motifs is 1. The second kappa shape index (κ2) is 3.01. The number of anilines is 1. The molecule has 0 atom stereocenters. The predicted molar refractivity (Wildman–Crippen MR) is 56.4 cm³/mol. The fourth-order valence-corrected chi connectivity index (χ4v) is 1.85. The Labute approximate surface area is 83.9 Å². The topological polar surface area (TPSA) is 23.6 Å². The summed E-state index contributed by atoms with van der Waals surface area (Å²) in [5.74, 6) is 0. The molecule has 0 aliphatic carbocycles. The van der Waals surface area contributed by atoms with Crippen LogP contribution in [0.1, 0.15) is 11.1 Å². The predicted octanol–water partition coefficient (Wildman–Crippen LogP) is 2.00. The third-order valence-corrected chi connectivity index (χ3v) is 2.62. The van der Waals surface area contributed by atoms with E-state index < -0.39 is 0 Å². The first-order valence-electron chi connectivity index (χ1n) is 4.68. The van der Waals surface area contributed by atoms with Gasteiger partial charge in [-0.3, -0.25) is 4.90 Å². The third kappa shape index (κ3) is 1.25. The number of nitrogens with zero attached hydrogens (tertiary/aromatic N) is 2. The summed E-state index contributed by atoms with van der Waals surface area (Å²) in [6, 6.07) is 6.24. The number of aryl methyl sites for hydroxylation is 1. The number of carbonyl (C=O) groups excluding carboxylic acids is 1. The summed E-state index contributed by atoms with van der Waals surface area (Å²) < 4.78 is 0. The van der Waals surface area contributed by atoms with E-state index in [0.29, 0.717) is 6.54 Å². The average molecular weight is 190 g/mol. The molecule has 1 aromatic carbocycles. The van der Waals surface area contributed by atoms with Gasteiger partial charge in [0.1, 0.15) is 0 Å². The van der Waals surface area contributed by atoms with Gasteiger partial charge in [-0.2, -0.15) is 0 Å². The summed E-state index contributed by atoms with van der Waals surface area (Å²) in [6.07, 6.45) is 0. The van der Waals surface area contributed by atoms with Crippen LogP contribution in [-0.2, 0) is 6.54 Å². The van der Waals surface area contributed by atoms with E-state index in [2.05, 4.69) is 13.0 Å². The molecule has 0 aromatic heterocycles. The second-order valence-electron chi connectivity index (χ2n) is 3.83. The van der Waals surface area contributed by atoms with E-state index in [1.807, 2.05) is 26.2 Å². The lowest BCUT2D eigenvalue weighted by Crippen LogP contribution is -2.42. The molecule has 3 heteroatoms. The van der Waals surface area contributed by atoms with Crippen LogP contribution in [0, 0.1) is 6.92 Å². The molecule has 0 saturated carbocycles. The molecule has 0 unspecified atom stereocenters. The largest absolute Gasteiger partial charge is 0.324 e. The summed E-state index contributed by atoms with van der Waals surface area (Å²) >= 11 is 0. The van der Waals surface area contributed by atoms with Crippen LogP contribution in [0.3, 0.4) is 0 Å². The Morgan fingerprint density at radius 2 is 2.00 bits per heavy atom. The van der Waals surface area contributed by atoms with Gasteiger partial charge in [0.05, 0.1) is 5.69 Å². The smallest absolute Gasteiger partial charge is 0.323 e. The number of benzene rings is 1. The van der Waals surface area contributed by atoms with Crippen molar-refractivity contribution >= 4 is 11.7 Å². The summed E-state index contributed by atoms with van der Waals surface area (Å²) in [6.45, 7) is 2.77. The Hall–Kier alpha value is -1.51. The van der Waals surface area contributed by atoms with Crippen LogP contribution in [0.15, 0.2) is 18.2 Å². The average Bonchev–Trinajstić information content (AvgIpc) is 2.14. The highest BCUT2D eigenvalue weighted by Crippen LogP contribution is 2.27. The number of hydrogen-bond donors (Lipinski definition) is 0. The quantitative estimate of drug-likeness (QED) is 0.613. The van der Waals surface area contributed by atoms with Gasteiger partial charge in [-0.15, -0.1) is 0 Å². The van der Waals surface area contributed by atoms with Gasteiger partial charge in [-0.25, -0.2) is 4.79 Å². The van der Waals surface area contributed by atoms with Gasteiger partial charge in [0, 0.05) is 20.6 Å². The highest BCUT2D eigenvalue weighted by atomic mass is 16.2. The second-order valence-corrected chi connectivity index (χ2v) is 3.83. The van der Waals surface area contributed by atoms with Gasteiger partial charge in [0.25, 0.3) is 0 Å². The molecule has 0 N–H and O–H groups in total. The minimum atomic E-state index is 0.0568. The van der Waals surface area contributed by atoms with Gasteiger partial charge >= 0.3 is 6.03 Å². The Balaban J connectivity index is 2.50. The fourth-order valence-electron chi connectivity index (χ4n) is 1.85. The van der Waals surface area contributed by atoms with Gasteiger partial charge < -0.3 is 4.90 Å². The molecule has 1 aliphatic heterocycles. The molecule has 1 heterocycles. The molecule has 3 nitrogen and oxygen atoms in total. The van der Waals surface area contributed by atoms with Crippen molar-refractivity contribution in [1.82, 2.24) is 4.90 Å². The first kappa shape index (κ1) is 9.06. The van der Waals surface area contributed by atoms with E-state index in [1.165, 1.54) is 11.1 Å². The minimum Gasteiger partial charge on any atom is -0.323 e. The number of carbonyl (C=O) groups is 1. The van der Waals surface area contributed by atoms with Crippen molar-refractivity contribution in [1.29, 1.82) is 0 Å². The molecular formula is C11H14N2O. The van der Waals surface area contributed by atoms with Crippen LogP contribution < -0.4 is 4.90 Å². The minimum absolute atomic E-state index is 0.0568. The van der Waals surface area contributed by atoms with Crippen LogP contribution in [0.25, 0.3) is 0 Å². The van der Waals surface area contributed by atoms with Crippen molar-refractivity contribution in [3.05, 3.63) is 29.3 Å². The first-order chi connectivity index (χ1) is 6.59. The van der Waals surface area contributed by atoms with Crippen molar-refractivity contribution in [2.24, 2.45) is 0 Å². The molecule has 74 valence electrons. The molecular weight excluding hydrogens is 176 g/mol. The maximum Gasteiger partial charge on any atom is 0.324 e. The Morgan fingerprint density at radius 3 is 2.71 bits per heavy atom. The van der Waals surface area contributed by atoms with Gasteiger partial charge in [0.2, 0.25) is 0 Å². The van der Waals surface area contributed by atoms with Gasteiger partial charge in [-0.05, 0) is 18.6 Å². The first-order valence-corrected chi connectivity index (χ1v) is 4.68. The standard InChI is InChI=1S/C11H14N2O/c1-8-4-5-10-9(6-8)7-12(2)11(14)13(10)3/h4-6H,7H2,1-3H3. The summed E-state index contributed by atoms with van der Waals surface area (Å²) in [7, 11) is 3.64. The molecule has 0 fully saturated rings. The molecule has 0 saturated heterocycles. The maximum atomic E-state index is 11.6. The van der Waals surface area contributed by atoms with E-state index in [4.69, 9.17) is 0 Å². The zero-order valence-corrected chi connectivity index (χ0v) is 8.74. The maximum absolute atomic E-state index is 11.6.